The summed E-state index contributed by atoms with van der Waals surface area (Å²) in [6.45, 7) is -0.0924. The number of rotatable bonds is 4. The molecule has 5 heteroatoms. The minimum atomic E-state index is -0.922. The van der Waals surface area contributed by atoms with Gasteiger partial charge in [-0.25, -0.2) is 0 Å². The summed E-state index contributed by atoms with van der Waals surface area (Å²) in [7, 11) is 0. The molecule has 0 saturated heterocycles. The fraction of sp³-hybridized carbons (Fsp3) is 0.333. The van der Waals surface area contributed by atoms with E-state index in [1.165, 1.54) is 0 Å². The number of aliphatic carboxylic acids is 1. The van der Waals surface area contributed by atoms with Gasteiger partial charge in [0.2, 0.25) is 5.91 Å². The Morgan fingerprint density at radius 2 is 2.12 bits per heavy atom. The first-order valence-electron chi connectivity index (χ1n) is 5.35. The monoisotopic (exact) mass is 235 g/mol. The van der Waals surface area contributed by atoms with E-state index in [4.69, 9.17) is 10.2 Å². The maximum absolute atomic E-state index is 11.7. The second kappa shape index (κ2) is 4.55. The van der Waals surface area contributed by atoms with Gasteiger partial charge in [0, 0.05) is 5.69 Å². The van der Waals surface area contributed by atoms with Gasteiger partial charge in [0.05, 0.1) is 18.4 Å². The number of hydrogen-bond donors (Lipinski definition) is 3. The van der Waals surface area contributed by atoms with E-state index in [1.54, 1.807) is 24.3 Å². The van der Waals surface area contributed by atoms with E-state index in [9.17, 15) is 9.59 Å². The normalized spacial score (nSPS) is 21.9. The van der Waals surface area contributed by atoms with E-state index >= 15 is 0 Å². The fourth-order valence-corrected chi connectivity index (χ4v) is 1.74. The summed E-state index contributed by atoms with van der Waals surface area (Å²) >= 11 is 0. The molecule has 2 rings (SSSR count). The largest absolute Gasteiger partial charge is 0.481 e. The number of carboxylic acids is 1. The lowest BCUT2D eigenvalue weighted by molar-refractivity contribution is -0.139. The molecule has 1 amide bonds. The molecule has 5 nitrogen and oxygen atoms in total. The van der Waals surface area contributed by atoms with E-state index in [2.05, 4.69) is 5.32 Å². The predicted molar refractivity (Wildman–Crippen MR) is 60.2 cm³/mol. The first kappa shape index (κ1) is 11.6. The Morgan fingerprint density at radius 1 is 1.35 bits per heavy atom. The van der Waals surface area contributed by atoms with Crippen LogP contribution in [0, 0.1) is 11.8 Å². The standard InChI is InChI=1S/C12H13NO4/c14-6-7-2-1-3-8(4-7)13-11(15)9-5-10(9)12(16)17/h1-4,9-10,14H,5-6H2,(H,13,15)(H,16,17)/t9-,10+/m1/s1. The average Bonchev–Trinajstić information content (AvgIpc) is 3.09. The van der Waals surface area contributed by atoms with Crippen LogP contribution in [0.1, 0.15) is 12.0 Å². The third-order valence-electron chi connectivity index (χ3n) is 2.82. The highest BCUT2D eigenvalue weighted by Gasteiger charge is 2.48. The maximum atomic E-state index is 11.7. The minimum Gasteiger partial charge on any atom is -0.481 e. The molecule has 1 fully saturated rings. The van der Waals surface area contributed by atoms with Crippen molar-refractivity contribution in [2.75, 3.05) is 5.32 Å². The van der Waals surface area contributed by atoms with E-state index in [1.807, 2.05) is 0 Å². The number of hydrogen-bond acceptors (Lipinski definition) is 3. The first-order valence-corrected chi connectivity index (χ1v) is 5.35. The molecule has 1 aliphatic rings. The summed E-state index contributed by atoms with van der Waals surface area (Å²) in [6, 6.07) is 6.83. The number of amides is 1. The molecule has 0 aliphatic heterocycles. The van der Waals surface area contributed by atoms with Crippen LogP contribution < -0.4 is 5.32 Å². The molecule has 0 unspecified atom stereocenters. The number of aliphatic hydroxyl groups excluding tert-OH is 1. The molecule has 1 aliphatic carbocycles. The third-order valence-corrected chi connectivity index (χ3v) is 2.82. The molecule has 90 valence electrons. The molecule has 0 radical (unpaired) electrons. The summed E-state index contributed by atoms with van der Waals surface area (Å²) in [5.41, 5.74) is 1.28. The Labute approximate surface area is 98.1 Å². The molecular weight excluding hydrogens is 222 g/mol. The number of anilines is 1. The second-order valence-electron chi connectivity index (χ2n) is 4.13. The van der Waals surface area contributed by atoms with Crippen molar-refractivity contribution in [2.24, 2.45) is 11.8 Å². The highest BCUT2D eigenvalue weighted by atomic mass is 16.4. The zero-order valence-corrected chi connectivity index (χ0v) is 9.09. The van der Waals surface area contributed by atoms with Gasteiger partial charge in [-0.05, 0) is 24.1 Å². The Balaban J connectivity index is 1.97. The summed E-state index contributed by atoms with van der Waals surface area (Å²) < 4.78 is 0. The van der Waals surface area contributed by atoms with Gasteiger partial charge < -0.3 is 15.5 Å². The lowest BCUT2D eigenvalue weighted by Gasteiger charge is -2.05. The molecule has 1 saturated carbocycles. The maximum Gasteiger partial charge on any atom is 0.307 e. The van der Waals surface area contributed by atoms with E-state index in [0.29, 0.717) is 17.7 Å². The van der Waals surface area contributed by atoms with Crippen molar-refractivity contribution in [2.45, 2.75) is 13.0 Å². The highest BCUT2D eigenvalue weighted by Crippen LogP contribution is 2.39. The number of carbonyl (C=O) groups excluding carboxylic acids is 1. The van der Waals surface area contributed by atoms with Crippen LogP contribution in [0.15, 0.2) is 24.3 Å². The Morgan fingerprint density at radius 3 is 2.71 bits per heavy atom. The van der Waals surface area contributed by atoms with Crippen LogP contribution in [0.2, 0.25) is 0 Å². The van der Waals surface area contributed by atoms with Crippen LogP contribution in [0.5, 0.6) is 0 Å². The molecule has 0 spiro atoms. The van der Waals surface area contributed by atoms with Crippen LogP contribution in [-0.4, -0.2) is 22.1 Å². The third kappa shape index (κ3) is 2.62. The molecule has 2 atom stereocenters. The van der Waals surface area contributed by atoms with Crippen molar-refractivity contribution < 1.29 is 19.8 Å². The molecular formula is C12H13NO4. The molecule has 0 heterocycles. The lowest BCUT2D eigenvalue weighted by atomic mass is 10.2. The van der Waals surface area contributed by atoms with Gasteiger partial charge in [-0.2, -0.15) is 0 Å². The Hall–Kier alpha value is -1.88. The summed E-state index contributed by atoms with van der Waals surface area (Å²) in [6.07, 6.45) is 0.404. The molecule has 17 heavy (non-hydrogen) atoms. The molecule has 1 aromatic carbocycles. The average molecular weight is 235 g/mol. The molecule has 3 N–H and O–H groups in total. The topological polar surface area (TPSA) is 86.6 Å². The van der Waals surface area contributed by atoms with Crippen LogP contribution in [0.3, 0.4) is 0 Å². The molecule has 1 aromatic rings. The van der Waals surface area contributed by atoms with E-state index < -0.39 is 17.8 Å². The second-order valence-corrected chi connectivity index (χ2v) is 4.13. The van der Waals surface area contributed by atoms with Gasteiger partial charge in [-0.1, -0.05) is 12.1 Å². The zero-order chi connectivity index (χ0) is 12.4. The summed E-state index contributed by atoms with van der Waals surface area (Å²) in [4.78, 5) is 22.3. The quantitative estimate of drug-likeness (QED) is 0.721. The number of nitrogens with one attached hydrogen (secondary N) is 1. The number of carbonyl (C=O) groups is 2. The van der Waals surface area contributed by atoms with Gasteiger partial charge >= 0.3 is 5.97 Å². The molecule has 0 aromatic heterocycles. The number of carboxylic acid groups (broad SMARTS) is 1. The zero-order valence-electron chi connectivity index (χ0n) is 9.09. The van der Waals surface area contributed by atoms with Crippen molar-refractivity contribution in [3.05, 3.63) is 29.8 Å². The smallest absolute Gasteiger partial charge is 0.307 e. The van der Waals surface area contributed by atoms with Crippen molar-refractivity contribution in [1.82, 2.24) is 0 Å². The Bertz CT molecular complexity index is 458. The van der Waals surface area contributed by atoms with E-state index in [-0.39, 0.29) is 12.5 Å². The lowest BCUT2D eigenvalue weighted by Crippen LogP contribution is -2.16. The highest BCUT2D eigenvalue weighted by molar-refractivity contribution is 5.98. The van der Waals surface area contributed by atoms with Crippen LogP contribution >= 0.6 is 0 Å². The fourth-order valence-electron chi connectivity index (χ4n) is 1.74. The van der Waals surface area contributed by atoms with Crippen LogP contribution in [-0.2, 0) is 16.2 Å². The van der Waals surface area contributed by atoms with Crippen molar-refractivity contribution >= 4 is 17.6 Å². The predicted octanol–water partition coefficient (Wildman–Crippen LogP) is 0.838. The van der Waals surface area contributed by atoms with Gasteiger partial charge in [-0.3, -0.25) is 9.59 Å². The number of benzene rings is 1. The van der Waals surface area contributed by atoms with E-state index in [0.717, 1.165) is 0 Å². The van der Waals surface area contributed by atoms with Crippen LogP contribution in [0.4, 0.5) is 5.69 Å². The molecule has 0 bridgehead atoms. The van der Waals surface area contributed by atoms with Crippen molar-refractivity contribution in [3.8, 4) is 0 Å². The van der Waals surface area contributed by atoms with Crippen LogP contribution in [0.25, 0.3) is 0 Å². The minimum absolute atomic E-state index is 0.0924. The summed E-state index contributed by atoms with van der Waals surface area (Å²) in [5, 5.41) is 20.3. The van der Waals surface area contributed by atoms with Crippen molar-refractivity contribution in [1.29, 1.82) is 0 Å². The number of aliphatic hydroxyl groups is 1. The van der Waals surface area contributed by atoms with Gasteiger partial charge in [0.15, 0.2) is 0 Å². The summed E-state index contributed by atoms with van der Waals surface area (Å²) in [5.74, 6) is -2.16. The first-order chi connectivity index (χ1) is 8.11. The van der Waals surface area contributed by atoms with Crippen molar-refractivity contribution in [3.63, 3.8) is 0 Å². The van der Waals surface area contributed by atoms with Gasteiger partial charge in [-0.15, -0.1) is 0 Å². The SMILES string of the molecule is O=C(O)[C@H]1C[C@H]1C(=O)Nc1cccc(CO)c1. The van der Waals surface area contributed by atoms with Gasteiger partial charge in [0.1, 0.15) is 0 Å². The Kier molecular flexibility index (Phi) is 3.10. The van der Waals surface area contributed by atoms with Gasteiger partial charge in [0.25, 0.3) is 0 Å².